The van der Waals surface area contributed by atoms with Gasteiger partial charge in [-0.1, -0.05) is 6.07 Å². The van der Waals surface area contributed by atoms with Crippen LogP contribution in [0.1, 0.15) is 5.69 Å². The van der Waals surface area contributed by atoms with Gasteiger partial charge >= 0.3 is 0 Å². The molecular formula is C14H15N3O2. The van der Waals surface area contributed by atoms with Crippen molar-refractivity contribution >= 4 is 17.3 Å². The summed E-state index contributed by atoms with van der Waals surface area (Å²) < 4.78 is 5.09. The molecule has 5 nitrogen and oxygen atoms in total. The molecule has 0 aliphatic rings. The average Bonchev–Trinajstić information content (AvgIpc) is 2.41. The van der Waals surface area contributed by atoms with E-state index in [9.17, 15) is 4.79 Å². The highest BCUT2D eigenvalue weighted by Gasteiger charge is 2.05. The molecule has 3 N–H and O–H groups in total. The number of hydrogen-bond donors (Lipinski definition) is 2. The highest BCUT2D eigenvalue weighted by atomic mass is 16.5. The number of nitrogens with zero attached hydrogens (tertiary/aromatic N) is 1. The van der Waals surface area contributed by atoms with E-state index in [2.05, 4.69) is 10.3 Å². The van der Waals surface area contributed by atoms with E-state index in [0.717, 1.165) is 0 Å². The molecule has 0 saturated heterocycles. The minimum atomic E-state index is -0.134. The summed E-state index contributed by atoms with van der Waals surface area (Å²) in [6.45, 7) is 0. The first-order valence-electron chi connectivity index (χ1n) is 5.81. The Morgan fingerprint density at radius 3 is 2.89 bits per heavy atom. The van der Waals surface area contributed by atoms with E-state index < -0.39 is 0 Å². The number of pyridine rings is 1. The lowest BCUT2D eigenvalue weighted by Crippen LogP contribution is -2.15. The first kappa shape index (κ1) is 12.9. The van der Waals surface area contributed by atoms with Crippen LogP contribution in [-0.2, 0) is 11.2 Å². The molecule has 0 fully saturated rings. The topological polar surface area (TPSA) is 77.2 Å². The van der Waals surface area contributed by atoms with Gasteiger partial charge in [-0.3, -0.25) is 9.78 Å². The Labute approximate surface area is 111 Å². The summed E-state index contributed by atoms with van der Waals surface area (Å²) in [6.07, 6.45) is 1.74. The number of anilines is 2. The Kier molecular flexibility index (Phi) is 3.97. The zero-order chi connectivity index (χ0) is 13.7. The van der Waals surface area contributed by atoms with Crippen LogP contribution in [0.3, 0.4) is 0 Å². The molecule has 0 unspecified atom stereocenters. The highest BCUT2D eigenvalue weighted by molar-refractivity contribution is 5.92. The number of rotatable bonds is 4. The lowest BCUT2D eigenvalue weighted by atomic mass is 10.2. The minimum absolute atomic E-state index is 0.134. The SMILES string of the molecule is COc1cccc(NC(=O)Cc2ccc(N)cn2)c1. The maximum Gasteiger partial charge on any atom is 0.230 e. The first-order chi connectivity index (χ1) is 9.17. The molecule has 0 atom stereocenters. The van der Waals surface area contributed by atoms with Gasteiger partial charge in [-0.05, 0) is 24.3 Å². The molecule has 0 bridgehead atoms. The van der Waals surface area contributed by atoms with E-state index in [1.165, 1.54) is 6.20 Å². The van der Waals surface area contributed by atoms with E-state index in [1.807, 2.05) is 12.1 Å². The predicted molar refractivity (Wildman–Crippen MR) is 74.0 cm³/mol. The maximum atomic E-state index is 11.8. The monoisotopic (exact) mass is 257 g/mol. The van der Waals surface area contributed by atoms with Gasteiger partial charge in [-0.2, -0.15) is 0 Å². The maximum absolute atomic E-state index is 11.8. The van der Waals surface area contributed by atoms with Crippen molar-refractivity contribution in [2.24, 2.45) is 0 Å². The zero-order valence-corrected chi connectivity index (χ0v) is 10.6. The second-order valence-corrected chi connectivity index (χ2v) is 4.04. The summed E-state index contributed by atoms with van der Waals surface area (Å²) >= 11 is 0. The van der Waals surface area contributed by atoms with E-state index in [4.69, 9.17) is 10.5 Å². The fourth-order valence-electron chi connectivity index (χ4n) is 1.61. The van der Waals surface area contributed by atoms with Gasteiger partial charge in [-0.15, -0.1) is 0 Å². The van der Waals surface area contributed by atoms with Gasteiger partial charge in [0.2, 0.25) is 5.91 Å². The van der Waals surface area contributed by atoms with E-state index in [-0.39, 0.29) is 12.3 Å². The van der Waals surface area contributed by atoms with Crippen molar-refractivity contribution < 1.29 is 9.53 Å². The van der Waals surface area contributed by atoms with E-state index >= 15 is 0 Å². The van der Waals surface area contributed by atoms with Crippen LogP contribution in [-0.4, -0.2) is 18.0 Å². The normalized spacial score (nSPS) is 9.95. The van der Waals surface area contributed by atoms with Crippen LogP contribution in [0.25, 0.3) is 0 Å². The number of nitrogens with two attached hydrogens (primary N) is 1. The van der Waals surface area contributed by atoms with Crippen molar-refractivity contribution in [3.63, 3.8) is 0 Å². The molecule has 0 spiro atoms. The molecule has 1 aromatic carbocycles. The van der Waals surface area contributed by atoms with Crippen LogP contribution in [0.15, 0.2) is 42.6 Å². The van der Waals surface area contributed by atoms with Crippen LogP contribution >= 0.6 is 0 Å². The Morgan fingerprint density at radius 2 is 2.21 bits per heavy atom. The summed E-state index contributed by atoms with van der Waals surface area (Å²) in [4.78, 5) is 15.9. The fraction of sp³-hybridized carbons (Fsp3) is 0.143. The van der Waals surface area contributed by atoms with Gasteiger partial charge in [-0.25, -0.2) is 0 Å². The lowest BCUT2D eigenvalue weighted by molar-refractivity contribution is -0.115. The van der Waals surface area contributed by atoms with Crippen molar-refractivity contribution in [1.82, 2.24) is 4.98 Å². The summed E-state index contributed by atoms with van der Waals surface area (Å²) in [6, 6.07) is 10.7. The summed E-state index contributed by atoms with van der Waals surface area (Å²) in [5.41, 5.74) is 7.49. The number of aromatic nitrogens is 1. The average molecular weight is 257 g/mol. The molecule has 1 heterocycles. The van der Waals surface area contributed by atoms with Gasteiger partial charge in [0.25, 0.3) is 0 Å². The predicted octanol–water partition coefficient (Wildman–Crippen LogP) is 1.85. The third kappa shape index (κ3) is 3.70. The van der Waals surface area contributed by atoms with Crippen molar-refractivity contribution in [2.75, 3.05) is 18.2 Å². The molecule has 1 amide bonds. The Balaban J connectivity index is 1.99. The van der Waals surface area contributed by atoms with Crippen LogP contribution in [0.5, 0.6) is 5.75 Å². The van der Waals surface area contributed by atoms with E-state index in [1.54, 1.807) is 31.4 Å². The van der Waals surface area contributed by atoms with Gasteiger partial charge in [0.05, 0.1) is 25.4 Å². The minimum Gasteiger partial charge on any atom is -0.497 e. The van der Waals surface area contributed by atoms with Gasteiger partial charge in [0, 0.05) is 17.4 Å². The number of carbonyl (C=O) groups is 1. The third-order valence-electron chi connectivity index (χ3n) is 2.54. The van der Waals surface area contributed by atoms with Gasteiger partial charge in [0.1, 0.15) is 5.75 Å². The van der Waals surface area contributed by atoms with Crippen LogP contribution in [0, 0.1) is 0 Å². The quantitative estimate of drug-likeness (QED) is 0.876. The number of ether oxygens (including phenoxy) is 1. The van der Waals surface area contributed by atoms with E-state index in [0.29, 0.717) is 22.8 Å². The second kappa shape index (κ2) is 5.86. The molecule has 5 heteroatoms. The van der Waals surface area contributed by atoms with Crippen molar-refractivity contribution in [3.8, 4) is 5.75 Å². The van der Waals surface area contributed by atoms with Gasteiger partial charge in [0.15, 0.2) is 0 Å². The van der Waals surface area contributed by atoms with Gasteiger partial charge < -0.3 is 15.8 Å². The molecular weight excluding hydrogens is 242 g/mol. The number of nitrogens with one attached hydrogen (secondary N) is 1. The molecule has 0 aliphatic carbocycles. The number of methoxy groups -OCH3 is 1. The molecule has 98 valence electrons. The number of carbonyl (C=O) groups excluding carboxylic acids is 1. The van der Waals surface area contributed by atoms with Crippen molar-refractivity contribution in [1.29, 1.82) is 0 Å². The molecule has 2 aromatic rings. The second-order valence-electron chi connectivity index (χ2n) is 4.04. The number of hydrogen-bond acceptors (Lipinski definition) is 4. The number of benzene rings is 1. The molecule has 2 rings (SSSR count). The van der Waals surface area contributed by atoms with Crippen LogP contribution in [0.2, 0.25) is 0 Å². The molecule has 0 saturated carbocycles. The molecule has 1 aromatic heterocycles. The smallest absolute Gasteiger partial charge is 0.230 e. The Hall–Kier alpha value is -2.56. The highest BCUT2D eigenvalue weighted by Crippen LogP contribution is 2.16. The largest absolute Gasteiger partial charge is 0.497 e. The molecule has 0 aliphatic heterocycles. The summed E-state index contributed by atoms with van der Waals surface area (Å²) in [5, 5.41) is 2.79. The van der Waals surface area contributed by atoms with Crippen molar-refractivity contribution in [2.45, 2.75) is 6.42 Å². The lowest BCUT2D eigenvalue weighted by Gasteiger charge is -2.06. The summed E-state index contributed by atoms with van der Waals surface area (Å²) in [7, 11) is 1.58. The summed E-state index contributed by atoms with van der Waals surface area (Å²) in [5.74, 6) is 0.564. The Bertz CT molecular complexity index is 567. The fourth-order valence-corrected chi connectivity index (χ4v) is 1.61. The van der Waals surface area contributed by atoms with Crippen molar-refractivity contribution in [3.05, 3.63) is 48.3 Å². The van der Waals surface area contributed by atoms with Crippen LogP contribution < -0.4 is 15.8 Å². The first-order valence-corrected chi connectivity index (χ1v) is 5.81. The third-order valence-corrected chi connectivity index (χ3v) is 2.54. The zero-order valence-electron chi connectivity index (χ0n) is 10.6. The number of amides is 1. The van der Waals surface area contributed by atoms with Crippen LogP contribution in [0.4, 0.5) is 11.4 Å². The Morgan fingerprint density at radius 1 is 1.37 bits per heavy atom. The molecule has 19 heavy (non-hydrogen) atoms. The molecule has 0 radical (unpaired) electrons. The number of nitrogen functional groups attached to an aromatic ring is 1. The standard InChI is InChI=1S/C14H15N3O2/c1-19-13-4-2-3-12(7-13)17-14(18)8-11-6-5-10(15)9-16-11/h2-7,9H,8,15H2,1H3,(H,17,18).